The molecular weight excluding hydrogens is 400 g/mol. The van der Waals surface area contributed by atoms with Crippen molar-refractivity contribution in [1.29, 1.82) is 0 Å². The van der Waals surface area contributed by atoms with Crippen LogP contribution in [0, 0.1) is 0 Å². The van der Waals surface area contributed by atoms with Gasteiger partial charge in [-0.15, -0.1) is 0 Å². The zero-order valence-corrected chi connectivity index (χ0v) is 15.9. The first-order valence-electron chi connectivity index (χ1n) is 7.96. The molecule has 0 fully saturated rings. The number of nitrogens with one attached hydrogen (secondary N) is 1. The van der Waals surface area contributed by atoms with E-state index < -0.39 is 0 Å². The molecule has 0 saturated heterocycles. The Bertz CT molecular complexity index is 810. The van der Waals surface area contributed by atoms with E-state index in [0.29, 0.717) is 6.61 Å². The van der Waals surface area contributed by atoms with Crippen molar-refractivity contribution in [3.63, 3.8) is 0 Å². The fraction of sp³-hybridized carbons (Fsp3) is 0.150. The van der Waals surface area contributed by atoms with Crippen LogP contribution in [0.25, 0.3) is 0 Å². The van der Waals surface area contributed by atoms with Gasteiger partial charge in [0.1, 0.15) is 12.4 Å². The summed E-state index contributed by atoms with van der Waals surface area (Å²) in [5.74, 6) is 0.875. The summed E-state index contributed by atoms with van der Waals surface area (Å²) < 4.78 is 7.04. The van der Waals surface area contributed by atoms with Crippen LogP contribution in [0.3, 0.4) is 0 Å². The van der Waals surface area contributed by atoms with Crippen molar-refractivity contribution in [2.24, 2.45) is 0 Å². The second-order valence-electron chi connectivity index (χ2n) is 5.63. The molecule has 0 unspecified atom stereocenters. The molecule has 128 valence electrons. The predicted molar refractivity (Wildman–Crippen MR) is 105 cm³/mol. The SMILES string of the molecule is Clc1ccc(COc2ccc(Br)cc2CNCc2ccncc2)cc1. The van der Waals surface area contributed by atoms with Gasteiger partial charge in [-0.3, -0.25) is 4.98 Å². The molecule has 0 bridgehead atoms. The average molecular weight is 418 g/mol. The van der Waals surface area contributed by atoms with Gasteiger partial charge in [-0.05, 0) is 53.6 Å². The third kappa shape index (κ3) is 5.56. The molecule has 2 aromatic carbocycles. The number of benzene rings is 2. The summed E-state index contributed by atoms with van der Waals surface area (Å²) in [7, 11) is 0. The Hall–Kier alpha value is -1.88. The normalized spacial score (nSPS) is 10.6. The van der Waals surface area contributed by atoms with Crippen LogP contribution in [0.4, 0.5) is 0 Å². The molecule has 1 aromatic heterocycles. The van der Waals surface area contributed by atoms with E-state index in [9.17, 15) is 0 Å². The Kier molecular flexibility index (Phi) is 6.45. The van der Waals surface area contributed by atoms with Gasteiger partial charge in [-0.1, -0.05) is 39.7 Å². The maximum absolute atomic E-state index is 6.01. The summed E-state index contributed by atoms with van der Waals surface area (Å²) >= 11 is 9.45. The predicted octanol–water partition coefficient (Wildman–Crippen LogP) is 5.37. The molecule has 1 N–H and O–H groups in total. The number of ether oxygens (including phenoxy) is 1. The molecule has 25 heavy (non-hydrogen) atoms. The second kappa shape index (κ2) is 8.99. The molecule has 0 saturated carbocycles. The molecule has 1 heterocycles. The van der Waals surface area contributed by atoms with Crippen LogP contribution in [-0.4, -0.2) is 4.98 Å². The topological polar surface area (TPSA) is 34.1 Å². The van der Waals surface area contributed by atoms with Crippen LogP contribution in [0.15, 0.2) is 71.5 Å². The molecule has 0 atom stereocenters. The van der Waals surface area contributed by atoms with Crippen molar-refractivity contribution in [2.75, 3.05) is 0 Å². The Labute approximate surface area is 161 Å². The minimum absolute atomic E-state index is 0.510. The highest BCUT2D eigenvalue weighted by Gasteiger charge is 2.06. The van der Waals surface area contributed by atoms with E-state index in [0.717, 1.165) is 39.5 Å². The van der Waals surface area contributed by atoms with E-state index >= 15 is 0 Å². The number of rotatable bonds is 7. The highest BCUT2D eigenvalue weighted by Crippen LogP contribution is 2.24. The number of hydrogen-bond donors (Lipinski definition) is 1. The van der Waals surface area contributed by atoms with Gasteiger partial charge in [-0.25, -0.2) is 0 Å². The standard InChI is InChI=1S/C20H18BrClN2O/c21-18-3-6-20(25-14-16-1-4-19(22)5-2-16)17(11-18)13-24-12-15-7-9-23-10-8-15/h1-11,24H,12-14H2. The van der Waals surface area contributed by atoms with E-state index in [1.54, 1.807) is 12.4 Å². The van der Waals surface area contributed by atoms with Crippen molar-refractivity contribution in [2.45, 2.75) is 19.7 Å². The van der Waals surface area contributed by atoms with E-state index in [-0.39, 0.29) is 0 Å². The highest BCUT2D eigenvalue weighted by atomic mass is 79.9. The van der Waals surface area contributed by atoms with Crippen molar-refractivity contribution in [3.05, 3.63) is 93.2 Å². The van der Waals surface area contributed by atoms with Crippen LogP contribution in [0.1, 0.15) is 16.7 Å². The van der Waals surface area contributed by atoms with Gasteiger partial charge in [0, 0.05) is 40.5 Å². The number of hydrogen-bond acceptors (Lipinski definition) is 3. The van der Waals surface area contributed by atoms with E-state index in [1.165, 1.54) is 5.56 Å². The first kappa shape index (κ1) is 17.9. The number of aromatic nitrogens is 1. The quantitative estimate of drug-likeness (QED) is 0.561. The lowest BCUT2D eigenvalue weighted by molar-refractivity contribution is 0.302. The zero-order chi connectivity index (χ0) is 17.5. The Balaban J connectivity index is 1.62. The van der Waals surface area contributed by atoms with Gasteiger partial charge in [0.15, 0.2) is 0 Å². The maximum Gasteiger partial charge on any atom is 0.124 e. The molecule has 3 aromatic rings. The van der Waals surface area contributed by atoms with Crippen LogP contribution in [0.5, 0.6) is 5.75 Å². The lowest BCUT2D eigenvalue weighted by atomic mass is 10.2. The molecule has 0 radical (unpaired) electrons. The summed E-state index contributed by atoms with van der Waals surface area (Å²) in [5.41, 5.74) is 3.40. The zero-order valence-electron chi connectivity index (χ0n) is 13.6. The molecule has 0 amide bonds. The van der Waals surface area contributed by atoms with Crippen LogP contribution in [0.2, 0.25) is 5.02 Å². The Morgan fingerprint density at radius 2 is 1.68 bits per heavy atom. The van der Waals surface area contributed by atoms with Gasteiger partial charge in [0.2, 0.25) is 0 Å². The summed E-state index contributed by atoms with van der Waals surface area (Å²) in [5, 5.41) is 4.18. The van der Waals surface area contributed by atoms with E-state index in [2.05, 4.69) is 32.3 Å². The van der Waals surface area contributed by atoms with Crippen molar-refractivity contribution >= 4 is 27.5 Å². The van der Waals surface area contributed by atoms with E-state index in [4.69, 9.17) is 16.3 Å². The Morgan fingerprint density at radius 3 is 2.44 bits per heavy atom. The molecule has 0 aliphatic rings. The van der Waals surface area contributed by atoms with Gasteiger partial charge in [0.25, 0.3) is 0 Å². The first-order chi connectivity index (χ1) is 12.2. The van der Waals surface area contributed by atoms with E-state index in [1.807, 2.05) is 48.5 Å². The number of nitrogens with zero attached hydrogens (tertiary/aromatic N) is 1. The van der Waals surface area contributed by atoms with Crippen LogP contribution in [-0.2, 0) is 19.7 Å². The first-order valence-corrected chi connectivity index (χ1v) is 9.13. The third-order valence-corrected chi connectivity index (χ3v) is 4.47. The fourth-order valence-corrected chi connectivity index (χ4v) is 2.95. The maximum atomic E-state index is 6.01. The second-order valence-corrected chi connectivity index (χ2v) is 6.98. The molecule has 3 rings (SSSR count). The highest BCUT2D eigenvalue weighted by molar-refractivity contribution is 9.10. The monoisotopic (exact) mass is 416 g/mol. The smallest absolute Gasteiger partial charge is 0.124 e. The fourth-order valence-electron chi connectivity index (χ4n) is 2.41. The number of halogens is 2. The summed E-state index contributed by atoms with van der Waals surface area (Å²) in [6.07, 6.45) is 3.60. The average Bonchev–Trinajstić information content (AvgIpc) is 2.63. The van der Waals surface area contributed by atoms with Gasteiger partial charge in [-0.2, -0.15) is 0 Å². The van der Waals surface area contributed by atoms with Crippen molar-refractivity contribution < 1.29 is 4.74 Å². The molecule has 0 aliphatic carbocycles. The van der Waals surface area contributed by atoms with Crippen LogP contribution < -0.4 is 10.1 Å². The van der Waals surface area contributed by atoms with Gasteiger partial charge < -0.3 is 10.1 Å². The molecule has 3 nitrogen and oxygen atoms in total. The van der Waals surface area contributed by atoms with Gasteiger partial charge in [0.05, 0.1) is 0 Å². The summed E-state index contributed by atoms with van der Waals surface area (Å²) in [4.78, 5) is 4.03. The molecule has 0 spiro atoms. The number of pyridine rings is 1. The summed E-state index contributed by atoms with van der Waals surface area (Å²) in [6, 6.07) is 17.8. The minimum atomic E-state index is 0.510. The molecular formula is C20H18BrClN2O. The lowest BCUT2D eigenvalue weighted by Gasteiger charge is -2.13. The van der Waals surface area contributed by atoms with Crippen molar-refractivity contribution in [1.82, 2.24) is 10.3 Å². The Morgan fingerprint density at radius 1 is 0.920 bits per heavy atom. The third-order valence-electron chi connectivity index (χ3n) is 3.72. The molecule has 0 aliphatic heterocycles. The lowest BCUT2D eigenvalue weighted by Crippen LogP contribution is -2.13. The van der Waals surface area contributed by atoms with Crippen LogP contribution >= 0.6 is 27.5 Å². The largest absolute Gasteiger partial charge is 0.489 e. The van der Waals surface area contributed by atoms with Gasteiger partial charge >= 0.3 is 0 Å². The molecule has 5 heteroatoms. The van der Waals surface area contributed by atoms with Crippen molar-refractivity contribution in [3.8, 4) is 5.75 Å². The summed E-state index contributed by atoms with van der Waals surface area (Å²) in [6.45, 7) is 2.01. The minimum Gasteiger partial charge on any atom is -0.489 e.